The highest BCUT2D eigenvalue weighted by Crippen LogP contribution is 2.13. The number of hydrogen-bond donors (Lipinski definition) is 0. The zero-order valence-corrected chi connectivity index (χ0v) is 12.1. The van der Waals surface area contributed by atoms with E-state index in [1.807, 2.05) is 39.4 Å². The largest absolute Gasteiger partial charge is 0.335 e. The lowest BCUT2D eigenvalue weighted by Gasteiger charge is -2.34. The molecule has 0 spiro atoms. The number of thiophene rings is 1. The summed E-state index contributed by atoms with van der Waals surface area (Å²) in [6.45, 7) is 5.41. The maximum absolute atomic E-state index is 12.2. The van der Waals surface area contributed by atoms with E-state index in [2.05, 4.69) is 10.00 Å². The molecule has 0 saturated carbocycles. The molecule has 6 heteroatoms. The SMILES string of the molecule is O=C(c1cccs1)N1CCN(CCn2cccn2)CC1. The number of carbonyl (C=O) groups excluding carboxylic acids is 1. The van der Waals surface area contributed by atoms with Gasteiger partial charge in [0.25, 0.3) is 5.91 Å². The minimum absolute atomic E-state index is 0.173. The van der Waals surface area contributed by atoms with E-state index in [-0.39, 0.29) is 5.91 Å². The molecule has 3 rings (SSSR count). The molecule has 106 valence electrons. The zero-order chi connectivity index (χ0) is 13.8. The first kappa shape index (κ1) is 13.3. The van der Waals surface area contributed by atoms with Crippen LogP contribution in [0.4, 0.5) is 0 Å². The van der Waals surface area contributed by atoms with Crippen LogP contribution in [0.5, 0.6) is 0 Å². The highest BCUT2D eigenvalue weighted by atomic mass is 32.1. The molecular formula is C14H18N4OS. The van der Waals surface area contributed by atoms with Crippen molar-refractivity contribution in [2.75, 3.05) is 32.7 Å². The second-order valence-corrected chi connectivity index (χ2v) is 5.83. The van der Waals surface area contributed by atoms with Gasteiger partial charge < -0.3 is 4.90 Å². The lowest BCUT2D eigenvalue weighted by molar-refractivity contribution is 0.0636. The Balaban J connectivity index is 1.46. The van der Waals surface area contributed by atoms with Crippen molar-refractivity contribution in [3.05, 3.63) is 40.8 Å². The fourth-order valence-electron chi connectivity index (χ4n) is 2.41. The third kappa shape index (κ3) is 3.08. The summed E-state index contributed by atoms with van der Waals surface area (Å²) >= 11 is 1.52. The summed E-state index contributed by atoms with van der Waals surface area (Å²) in [6, 6.07) is 5.77. The van der Waals surface area contributed by atoms with E-state index in [1.165, 1.54) is 11.3 Å². The van der Waals surface area contributed by atoms with E-state index in [9.17, 15) is 4.79 Å². The fourth-order valence-corrected chi connectivity index (χ4v) is 3.10. The standard InChI is InChI=1S/C14H18N4OS/c19-14(13-3-1-12-20-13)17-9-6-16(7-10-17)8-11-18-5-2-4-15-18/h1-5,12H,6-11H2. The zero-order valence-electron chi connectivity index (χ0n) is 11.3. The lowest BCUT2D eigenvalue weighted by Crippen LogP contribution is -2.49. The summed E-state index contributed by atoms with van der Waals surface area (Å²) in [4.78, 5) is 17.4. The van der Waals surface area contributed by atoms with Crippen molar-refractivity contribution in [1.29, 1.82) is 0 Å². The third-order valence-electron chi connectivity index (χ3n) is 3.60. The summed E-state index contributed by atoms with van der Waals surface area (Å²) in [5, 5.41) is 6.16. The Kier molecular flexibility index (Phi) is 4.13. The monoisotopic (exact) mass is 290 g/mol. The molecule has 0 unspecified atom stereocenters. The van der Waals surface area contributed by atoms with Crippen molar-refractivity contribution < 1.29 is 4.79 Å². The number of aromatic nitrogens is 2. The summed E-state index contributed by atoms with van der Waals surface area (Å²) in [7, 11) is 0. The Bertz CT molecular complexity index is 530. The first-order valence-corrected chi connectivity index (χ1v) is 7.73. The highest BCUT2D eigenvalue weighted by Gasteiger charge is 2.22. The van der Waals surface area contributed by atoms with Crippen LogP contribution >= 0.6 is 11.3 Å². The maximum Gasteiger partial charge on any atom is 0.264 e. The molecule has 1 amide bonds. The van der Waals surface area contributed by atoms with Crippen molar-refractivity contribution in [2.24, 2.45) is 0 Å². The van der Waals surface area contributed by atoms with Crippen LogP contribution in [0.2, 0.25) is 0 Å². The molecule has 20 heavy (non-hydrogen) atoms. The molecule has 0 bridgehead atoms. The molecule has 0 radical (unpaired) electrons. The molecule has 3 heterocycles. The van der Waals surface area contributed by atoms with Gasteiger partial charge in [0.1, 0.15) is 0 Å². The average molecular weight is 290 g/mol. The summed E-state index contributed by atoms with van der Waals surface area (Å²) in [6.07, 6.45) is 3.79. The number of amides is 1. The van der Waals surface area contributed by atoms with Crippen molar-refractivity contribution in [3.8, 4) is 0 Å². The molecule has 0 aliphatic carbocycles. The van der Waals surface area contributed by atoms with Crippen LogP contribution < -0.4 is 0 Å². The van der Waals surface area contributed by atoms with Gasteiger partial charge in [0, 0.05) is 45.1 Å². The molecule has 1 fully saturated rings. The van der Waals surface area contributed by atoms with Gasteiger partial charge in [0.2, 0.25) is 0 Å². The second kappa shape index (κ2) is 6.19. The molecular weight excluding hydrogens is 272 g/mol. The fraction of sp³-hybridized carbons (Fsp3) is 0.429. The highest BCUT2D eigenvalue weighted by molar-refractivity contribution is 7.12. The first-order valence-electron chi connectivity index (χ1n) is 6.85. The Morgan fingerprint density at radius 2 is 2.05 bits per heavy atom. The number of nitrogens with zero attached hydrogens (tertiary/aromatic N) is 4. The van der Waals surface area contributed by atoms with Crippen molar-refractivity contribution in [1.82, 2.24) is 19.6 Å². The van der Waals surface area contributed by atoms with Crippen molar-refractivity contribution in [3.63, 3.8) is 0 Å². The van der Waals surface area contributed by atoms with Gasteiger partial charge in [0.15, 0.2) is 0 Å². The van der Waals surface area contributed by atoms with Gasteiger partial charge in [-0.2, -0.15) is 5.10 Å². The van der Waals surface area contributed by atoms with Gasteiger partial charge in [-0.05, 0) is 17.5 Å². The summed E-state index contributed by atoms with van der Waals surface area (Å²) < 4.78 is 1.95. The first-order chi connectivity index (χ1) is 9.83. The predicted octanol–water partition coefficient (Wildman–Crippen LogP) is 1.40. The van der Waals surface area contributed by atoms with Crippen LogP contribution in [0, 0.1) is 0 Å². The molecule has 2 aromatic heterocycles. The van der Waals surface area contributed by atoms with Gasteiger partial charge in [0.05, 0.1) is 11.4 Å². The van der Waals surface area contributed by atoms with Crippen molar-refractivity contribution in [2.45, 2.75) is 6.54 Å². The molecule has 1 saturated heterocycles. The van der Waals surface area contributed by atoms with Crippen LogP contribution in [0.1, 0.15) is 9.67 Å². The Hall–Kier alpha value is -1.66. The van der Waals surface area contributed by atoms with Crippen LogP contribution in [0.15, 0.2) is 36.0 Å². The number of hydrogen-bond acceptors (Lipinski definition) is 4. The second-order valence-electron chi connectivity index (χ2n) is 4.88. The molecule has 2 aromatic rings. The topological polar surface area (TPSA) is 41.4 Å². The summed E-state index contributed by atoms with van der Waals surface area (Å²) in [5.74, 6) is 0.173. The van der Waals surface area contributed by atoms with Crippen LogP contribution in [0.3, 0.4) is 0 Å². The number of rotatable bonds is 4. The van der Waals surface area contributed by atoms with E-state index < -0.39 is 0 Å². The van der Waals surface area contributed by atoms with E-state index >= 15 is 0 Å². The minimum atomic E-state index is 0.173. The van der Waals surface area contributed by atoms with Gasteiger partial charge in [-0.25, -0.2) is 0 Å². The maximum atomic E-state index is 12.2. The van der Waals surface area contributed by atoms with Crippen LogP contribution in [0.25, 0.3) is 0 Å². The Morgan fingerprint density at radius 3 is 2.70 bits per heavy atom. The normalized spacial score (nSPS) is 16.5. The van der Waals surface area contributed by atoms with Crippen molar-refractivity contribution >= 4 is 17.2 Å². The van der Waals surface area contributed by atoms with E-state index in [0.29, 0.717) is 0 Å². The molecule has 5 nitrogen and oxygen atoms in total. The molecule has 1 aliphatic heterocycles. The Labute approximate surface area is 122 Å². The third-order valence-corrected chi connectivity index (χ3v) is 4.45. The smallest absolute Gasteiger partial charge is 0.264 e. The Morgan fingerprint density at radius 1 is 1.20 bits per heavy atom. The van der Waals surface area contributed by atoms with Gasteiger partial charge in [-0.1, -0.05) is 6.07 Å². The molecule has 1 aliphatic rings. The lowest BCUT2D eigenvalue weighted by atomic mass is 10.3. The summed E-state index contributed by atoms with van der Waals surface area (Å²) in [5.41, 5.74) is 0. The minimum Gasteiger partial charge on any atom is -0.335 e. The van der Waals surface area contributed by atoms with Crippen LogP contribution in [-0.2, 0) is 6.54 Å². The molecule has 0 N–H and O–H groups in total. The molecule has 0 atom stereocenters. The number of carbonyl (C=O) groups is 1. The van der Waals surface area contributed by atoms with Gasteiger partial charge >= 0.3 is 0 Å². The number of piperazine rings is 1. The van der Waals surface area contributed by atoms with Crippen LogP contribution in [-0.4, -0.2) is 58.2 Å². The molecule has 0 aromatic carbocycles. The van der Waals surface area contributed by atoms with E-state index in [4.69, 9.17) is 0 Å². The van der Waals surface area contributed by atoms with Gasteiger partial charge in [-0.3, -0.25) is 14.4 Å². The van der Waals surface area contributed by atoms with E-state index in [1.54, 1.807) is 6.20 Å². The van der Waals surface area contributed by atoms with Gasteiger partial charge in [-0.15, -0.1) is 11.3 Å². The van der Waals surface area contributed by atoms with E-state index in [0.717, 1.165) is 44.1 Å². The predicted molar refractivity (Wildman–Crippen MR) is 78.9 cm³/mol. The quantitative estimate of drug-likeness (QED) is 0.855. The average Bonchev–Trinajstić information content (AvgIpc) is 3.18.